The quantitative estimate of drug-likeness (QED) is 0.806. The SMILES string of the molecule is CCC1(O)CC(N(Cc2ccc(S(C)=O)cc2)C(=O)CCl)C1. The lowest BCUT2D eigenvalue weighted by atomic mass is 9.73. The van der Waals surface area contributed by atoms with Crippen LogP contribution in [0.1, 0.15) is 31.7 Å². The fraction of sp³-hybridized carbons (Fsp3) is 0.562. The van der Waals surface area contributed by atoms with Gasteiger partial charge in [0.15, 0.2) is 0 Å². The Morgan fingerprint density at radius 3 is 2.45 bits per heavy atom. The molecule has 1 N–H and O–H groups in total. The highest BCUT2D eigenvalue weighted by molar-refractivity contribution is 7.84. The second-order valence-electron chi connectivity index (χ2n) is 5.89. The third-order valence-corrected chi connectivity index (χ3v) is 5.54. The van der Waals surface area contributed by atoms with Gasteiger partial charge >= 0.3 is 0 Å². The average Bonchev–Trinajstić information content (AvgIpc) is 2.49. The van der Waals surface area contributed by atoms with Gasteiger partial charge in [0.05, 0.1) is 5.60 Å². The van der Waals surface area contributed by atoms with Crippen molar-refractivity contribution in [1.29, 1.82) is 0 Å². The van der Waals surface area contributed by atoms with Crippen molar-refractivity contribution in [1.82, 2.24) is 4.90 Å². The van der Waals surface area contributed by atoms with Gasteiger partial charge in [0.25, 0.3) is 0 Å². The molecule has 1 atom stereocenters. The normalized spacial score (nSPS) is 25.4. The van der Waals surface area contributed by atoms with Gasteiger partial charge in [0.2, 0.25) is 5.91 Å². The van der Waals surface area contributed by atoms with Crippen molar-refractivity contribution in [2.45, 2.75) is 49.3 Å². The van der Waals surface area contributed by atoms with Crippen LogP contribution in [0.5, 0.6) is 0 Å². The molecule has 0 aliphatic heterocycles. The van der Waals surface area contributed by atoms with Crippen molar-refractivity contribution in [3.05, 3.63) is 29.8 Å². The molecule has 1 aromatic carbocycles. The van der Waals surface area contributed by atoms with E-state index in [0.29, 0.717) is 25.8 Å². The summed E-state index contributed by atoms with van der Waals surface area (Å²) in [6.07, 6.45) is 3.54. The van der Waals surface area contributed by atoms with Gasteiger partial charge in [0, 0.05) is 34.5 Å². The summed E-state index contributed by atoms with van der Waals surface area (Å²) < 4.78 is 11.4. The number of nitrogens with zero attached hydrogens (tertiary/aromatic N) is 1. The second-order valence-corrected chi connectivity index (χ2v) is 7.54. The van der Waals surface area contributed by atoms with Crippen molar-refractivity contribution in [3.8, 4) is 0 Å². The molecule has 6 heteroatoms. The standard InChI is InChI=1S/C16H22ClNO3S/c1-3-16(20)8-13(9-16)18(15(19)10-17)11-12-4-6-14(7-5-12)22(2)21/h4-7,13,20H,3,8-11H2,1-2H3. The first-order valence-electron chi connectivity index (χ1n) is 7.38. The van der Waals surface area contributed by atoms with E-state index in [9.17, 15) is 14.1 Å². The number of aliphatic hydroxyl groups is 1. The Labute approximate surface area is 138 Å². The number of benzene rings is 1. The molecule has 1 aliphatic carbocycles. The summed E-state index contributed by atoms with van der Waals surface area (Å²) in [5.41, 5.74) is 0.331. The van der Waals surface area contributed by atoms with Crippen molar-refractivity contribution < 1.29 is 14.1 Å². The molecular formula is C16H22ClNO3S. The van der Waals surface area contributed by atoms with Crippen LogP contribution < -0.4 is 0 Å². The molecule has 1 fully saturated rings. The molecule has 0 saturated heterocycles. The molecule has 0 bridgehead atoms. The molecular weight excluding hydrogens is 322 g/mol. The predicted octanol–water partition coefficient (Wildman–Crippen LogP) is 2.29. The molecule has 0 radical (unpaired) electrons. The number of rotatable bonds is 6. The third-order valence-electron chi connectivity index (χ3n) is 4.37. The van der Waals surface area contributed by atoms with E-state index in [2.05, 4.69) is 0 Å². The van der Waals surface area contributed by atoms with Crippen molar-refractivity contribution in [3.63, 3.8) is 0 Å². The molecule has 4 nitrogen and oxygen atoms in total. The van der Waals surface area contributed by atoms with Crippen LogP contribution in [0.2, 0.25) is 0 Å². The molecule has 0 spiro atoms. The number of carbonyl (C=O) groups is 1. The zero-order valence-corrected chi connectivity index (χ0v) is 14.5. The molecule has 22 heavy (non-hydrogen) atoms. The Kier molecular flexibility index (Phi) is 5.64. The monoisotopic (exact) mass is 343 g/mol. The summed E-state index contributed by atoms with van der Waals surface area (Å²) in [6.45, 7) is 2.42. The molecule has 2 rings (SSSR count). The number of hydrogen-bond donors (Lipinski definition) is 1. The zero-order valence-electron chi connectivity index (χ0n) is 12.9. The van der Waals surface area contributed by atoms with E-state index in [-0.39, 0.29) is 17.8 Å². The minimum atomic E-state index is -1.01. The first kappa shape index (κ1) is 17.4. The van der Waals surface area contributed by atoms with Gasteiger partial charge in [-0.05, 0) is 37.0 Å². The number of alkyl halides is 1. The Morgan fingerprint density at radius 2 is 2.00 bits per heavy atom. The Morgan fingerprint density at radius 1 is 1.41 bits per heavy atom. The largest absolute Gasteiger partial charge is 0.390 e. The molecule has 1 amide bonds. The van der Waals surface area contributed by atoms with Crippen LogP contribution in [0.15, 0.2) is 29.2 Å². The maximum absolute atomic E-state index is 12.1. The maximum Gasteiger partial charge on any atom is 0.238 e. The lowest BCUT2D eigenvalue weighted by Gasteiger charge is -2.48. The van der Waals surface area contributed by atoms with E-state index in [0.717, 1.165) is 10.5 Å². The van der Waals surface area contributed by atoms with E-state index < -0.39 is 16.4 Å². The number of halogens is 1. The molecule has 1 saturated carbocycles. The smallest absolute Gasteiger partial charge is 0.238 e. The minimum Gasteiger partial charge on any atom is -0.390 e. The summed E-state index contributed by atoms with van der Waals surface area (Å²) in [5, 5.41) is 10.2. The van der Waals surface area contributed by atoms with Gasteiger partial charge in [-0.1, -0.05) is 19.1 Å². The molecule has 0 aromatic heterocycles. The molecule has 1 aromatic rings. The highest BCUT2D eigenvalue weighted by Gasteiger charge is 2.45. The molecule has 0 heterocycles. The summed E-state index contributed by atoms with van der Waals surface area (Å²) in [7, 11) is -1.01. The lowest BCUT2D eigenvalue weighted by Crippen LogP contribution is -2.56. The van der Waals surface area contributed by atoms with Crippen LogP contribution in [0.3, 0.4) is 0 Å². The Balaban J connectivity index is 2.07. The van der Waals surface area contributed by atoms with E-state index >= 15 is 0 Å². The first-order chi connectivity index (χ1) is 10.4. The van der Waals surface area contributed by atoms with Crippen molar-refractivity contribution >= 4 is 28.3 Å². The van der Waals surface area contributed by atoms with Crippen LogP contribution in [0.25, 0.3) is 0 Å². The number of hydrogen-bond acceptors (Lipinski definition) is 3. The maximum atomic E-state index is 12.1. The molecule has 1 unspecified atom stereocenters. The fourth-order valence-electron chi connectivity index (χ4n) is 2.81. The van der Waals surface area contributed by atoms with Crippen LogP contribution in [-0.4, -0.2) is 43.9 Å². The topological polar surface area (TPSA) is 57.6 Å². The van der Waals surface area contributed by atoms with Crippen LogP contribution >= 0.6 is 11.6 Å². The van der Waals surface area contributed by atoms with Crippen molar-refractivity contribution in [2.24, 2.45) is 0 Å². The summed E-state index contributed by atoms with van der Waals surface area (Å²) in [6, 6.07) is 7.44. The van der Waals surface area contributed by atoms with E-state index in [1.807, 2.05) is 31.2 Å². The fourth-order valence-corrected chi connectivity index (χ4v) is 3.48. The molecule has 122 valence electrons. The average molecular weight is 344 g/mol. The van der Waals surface area contributed by atoms with E-state index in [1.165, 1.54) is 0 Å². The first-order valence-corrected chi connectivity index (χ1v) is 9.48. The highest BCUT2D eigenvalue weighted by Crippen LogP contribution is 2.38. The van der Waals surface area contributed by atoms with Gasteiger partial charge in [-0.3, -0.25) is 9.00 Å². The van der Waals surface area contributed by atoms with Crippen molar-refractivity contribution in [2.75, 3.05) is 12.1 Å². The van der Waals surface area contributed by atoms with Gasteiger partial charge in [-0.2, -0.15) is 0 Å². The summed E-state index contributed by atoms with van der Waals surface area (Å²) in [4.78, 5) is 14.6. The second kappa shape index (κ2) is 7.11. The van der Waals surface area contributed by atoms with Crippen LogP contribution in [0, 0.1) is 0 Å². The number of carbonyl (C=O) groups excluding carboxylic acids is 1. The predicted molar refractivity (Wildman–Crippen MR) is 88.3 cm³/mol. The summed E-state index contributed by atoms with van der Waals surface area (Å²) >= 11 is 5.72. The van der Waals surface area contributed by atoms with E-state index in [1.54, 1.807) is 11.2 Å². The van der Waals surface area contributed by atoms with Gasteiger partial charge in [-0.15, -0.1) is 11.6 Å². The third kappa shape index (κ3) is 3.89. The van der Waals surface area contributed by atoms with Crippen LogP contribution in [0.4, 0.5) is 0 Å². The van der Waals surface area contributed by atoms with E-state index in [4.69, 9.17) is 11.6 Å². The van der Waals surface area contributed by atoms with Crippen LogP contribution in [-0.2, 0) is 22.1 Å². The lowest BCUT2D eigenvalue weighted by molar-refractivity contribution is -0.144. The van der Waals surface area contributed by atoms with Gasteiger partial charge in [0.1, 0.15) is 5.88 Å². The van der Waals surface area contributed by atoms with Gasteiger partial charge in [-0.25, -0.2) is 0 Å². The minimum absolute atomic E-state index is 0.0381. The molecule has 1 aliphatic rings. The highest BCUT2D eigenvalue weighted by atomic mass is 35.5. The van der Waals surface area contributed by atoms with Gasteiger partial charge < -0.3 is 10.0 Å². The summed E-state index contributed by atoms with van der Waals surface area (Å²) in [5.74, 6) is -0.175. The Bertz CT molecular complexity index is 555. The zero-order chi connectivity index (χ0) is 16.3. The number of amides is 1. The Hall–Kier alpha value is -0.910.